The first-order chi connectivity index (χ1) is 9.99. The highest BCUT2D eigenvalue weighted by Crippen LogP contribution is 2.28. The molecule has 2 atom stereocenters. The van der Waals surface area contributed by atoms with Crippen molar-refractivity contribution >= 4 is 15.9 Å². The molecule has 0 aliphatic rings. The van der Waals surface area contributed by atoms with Gasteiger partial charge < -0.3 is 5.73 Å². The number of rotatable bonds is 5. The quantitative estimate of drug-likeness (QED) is 0.880. The summed E-state index contributed by atoms with van der Waals surface area (Å²) < 4.78 is 3.19. The fourth-order valence-electron chi connectivity index (χ4n) is 2.96. The van der Waals surface area contributed by atoms with Gasteiger partial charge in [-0.1, -0.05) is 41.9 Å². The summed E-state index contributed by atoms with van der Waals surface area (Å²) in [4.78, 5) is 0. The second kappa shape index (κ2) is 6.75. The van der Waals surface area contributed by atoms with Crippen LogP contribution in [0.4, 0.5) is 0 Å². The third-order valence-corrected chi connectivity index (χ3v) is 4.65. The van der Waals surface area contributed by atoms with E-state index in [0.717, 1.165) is 23.0 Å². The lowest BCUT2D eigenvalue weighted by Crippen LogP contribution is -2.33. The van der Waals surface area contributed by atoms with Gasteiger partial charge in [0, 0.05) is 16.2 Å². The molecule has 0 aliphatic carbocycles. The lowest BCUT2D eigenvalue weighted by Gasteiger charge is -2.25. The van der Waals surface area contributed by atoms with Crippen LogP contribution in [-0.2, 0) is 6.42 Å². The van der Waals surface area contributed by atoms with Gasteiger partial charge in [-0.15, -0.1) is 0 Å². The maximum atomic E-state index is 6.42. The van der Waals surface area contributed by atoms with E-state index >= 15 is 0 Å². The molecule has 0 radical (unpaired) electrons. The molecule has 0 bridgehead atoms. The van der Waals surface area contributed by atoms with E-state index in [-0.39, 0.29) is 12.1 Å². The van der Waals surface area contributed by atoms with Crippen LogP contribution >= 0.6 is 15.9 Å². The molecule has 2 aromatic rings. The van der Waals surface area contributed by atoms with Crippen LogP contribution in [0.3, 0.4) is 0 Å². The van der Waals surface area contributed by atoms with E-state index in [1.165, 1.54) is 16.8 Å². The highest BCUT2D eigenvalue weighted by molar-refractivity contribution is 9.10. The first-order valence-corrected chi connectivity index (χ1v) is 8.34. The predicted molar refractivity (Wildman–Crippen MR) is 91.6 cm³/mol. The van der Waals surface area contributed by atoms with Crippen LogP contribution in [0.25, 0.3) is 0 Å². The SMILES string of the molecule is CCc1c(C)nn(C(c2cccc(Br)c2)C(N)CC)c1C. The average Bonchev–Trinajstić information content (AvgIpc) is 2.73. The number of benzene rings is 1. The van der Waals surface area contributed by atoms with Crippen LogP contribution in [0.1, 0.15) is 48.8 Å². The van der Waals surface area contributed by atoms with Gasteiger partial charge in [0.2, 0.25) is 0 Å². The van der Waals surface area contributed by atoms with Crippen LogP contribution in [0, 0.1) is 13.8 Å². The van der Waals surface area contributed by atoms with E-state index < -0.39 is 0 Å². The molecule has 0 amide bonds. The first-order valence-electron chi connectivity index (χ1n) is 7.55. The molecule has 0 saturated carbocycles. The van der Waals surface area contributed by atoms with Crippen LogP contribution < -0.4 is 5.73 Å². The Kier molecular flexibility index (Phi) is 5.22. The Morgan fingerprint density at radius 3 is 2.52 bits per heavy atom. The Balaban J connectivity index is 2.56. The Morgan fingerprint density at radius 2 is 2.00 bits per heavy atom. The molecule has 4 heteroatoms. The van der Waals surface area contributed by atoms with Crippen molar-refractivity contribution in [1.82, 2.24) is 9.78 Å². The Labute approximate surface area is 135 Å². The highest BCUT2D eigenvalue weighted by Gasteiger charge is 2.24. The molecular formula is C17H24BrN3. The van der Waals surface area contributed by atoms with Gasteiger partial charge in [-0.25, -0.2) is 0 Å². The number of hydrogen-bond donors (Lipinski definition) is 1. The van der Waals surface area contributed by atoms with Crippen molar-refractivity contribution in [3.63, 3.8) is 0 Å². The zero-order chi connectivity index (χ0) is 15.6. The van der Waals surface area contributed by atoms with Gasteiger partial charge in [-0.2, -0.15) is 5.10 Å². The van der Waals surface area contributed by atoms with Crippen molar-refractivity contribution in [3.8, 4) is 0 Å². The van der Waals surface area contributed by atoms with Gasteiger partial charge in [0.1, 0.15) is 0 Å². The zero-order valence-corrected chi connectivity index (χ0v) is 14.8. The number of halogens is 1. The summed E-state index contributed by atoms with van der Waals surface area (Å²) in [6.45, 7) is 8.53. The summed E-state index contributed by atoms with van der Waals surface area (Å²) in [5.41, 5.74) is 11.3. The molecule has 0 aliphatic heterocycles. The van der Waals surface area contributed by atoms with Crippen molar-refractivity contribution in [2.45, 2.75) is 52.6 Å². The van der Waals surface area contributed by atoms with Gasteiger partial charge in [0.15, 0.2) is 0 Å². The van der Waals surface area contributed by atoms with E-state index in [4.69, 9.17) is 10.8 Å². The lowest BCUT2D eigenvalue weighted by molar-refractivity contribution is 0.415. The maximum Gasteiger partial charge on any atom is 0.0922 e. The largest absolute Gasteiger partial charge is 0.326 e. The topological polar surface area (TPSA) is 43.8 Å². The molecule has 1 aromatic carbocycles. The normalized spacial score (nSPS) is 14.2. The zero-order valence-electron chi connectivity index (χ0n) is 13.2. The van der Waals surface area contributed by atoms with Crippen molar-refractivity contribution in [1.29, 1.82) is 0 Å². The van der Waals surface area contributed by atoms with Gasteiger partial charge in [-0.05, 0) is 49.9 Å². The third-order valence-electron chi connectivity index (χ3n) is 4.16. The van der Waals surface area contributed by atoms with Crippen molar-refractivity contribution in [3.05, 3.63) is 51.3 Å². The standard InChI is InChI=1S/C17H24BrN3/c1-5-15-11(3)20-21(12(15)4)17(16(19)6-2)13-8-7-9-14(18)10-13/h7-10,16-17H,5-6,19H2,1-4H3. The summed E-state index contributed by atoms with van der Waals surface area (Å²) in [6, 6.07) is 8.49. The monoisotopic (exact) mass is 349 g/mol. The molecule has 2 rings (SSSR count). The molecule has 114 valence electrons. The van der Waals surface area contributed by atoms with Crippen molar-refractivity contribution in [2.75, 3.05) is 0 Å². The molecule has 1 aromatic heterocycles. The van der Waals surface area contributed by atoms with E-state index in [1.54, 1.807) is 0 Å². The smallest absolute Gasteiger partial charge is 0.0922 e. The minimum absolute atomic E-state index is 0.0435. The number of nitrogens with two attached hydrogens (primary N) is 1. The number of nitrogens with zero attached hydrogens (tertiary/aromatic N) is 2. The van der Waals surface area contributed by atoms with Gasteiger partial charge >= 0.3 is 0 Å². The van der Waals surface area contributed by atoms with Crippen molar-refractivity contribution in [2.24, 2.45) is 5.73 Å². The average molecular weight is 350 g/mol. The van der Waals surface area contributed by atoms with Gasteiger partial charge in [-0.3, -0.25) is 4.68 Å². The van der Waals surface area contributed by atoms with E-state index in [9.17, 15) is 0 Å². The third kappa shape index (κ3) is 3.22. The van der Waals surface area contributed by atoms with Crippen molar-refractivity contribution < 1.29 is 0 Å². The Hall–Kier alpha value is -1.13. The Morgan fingerprint density at radius 1 is 1.29 bits per heavy atom. The molecule has 2 N–H and O–H groups in total. The molecule has 3 nitrogen and oxygen atoms in total. The predicted octanol–water partition coefficient (Wildman–Crippen LogP) is 4.15. The van der Waals surface area contributed by atoms with E-state index in [1.807, 2.05) is 6.07 Å². The second-order valence-electron chi connectivity index (χ2n) is 5.52. The van der Waals surface area contributed by atoms with Crippen LogP contribution in [-0.4, -0.2) is 15.8 Å². The fourth-order valence-corrected chi connectivity index (χ4v) is 3.38. The van der Waals surface area contributed by atoms with Gasteiger partial charge in [0.25, 0.3) is 0 Å². The van der Waals surface area contributed by atoms with E-state index in [0.29, 0.717) is 0 Å². The first kappa shape index (κ1) is 16.2. The van der Waals surface area contributed by atoms with Crippen LogP contribution in [0.2, 0.25) is 0 Å². The fraction of sp³-hybridized carbons (Fsp3) is 0.471. The molecule has 0 saturated heterocycles. The number of hydrogen-bond acceptors (Lipinski definition) is 2. The highest BCUT2D eigenvalue weighted by atomic mass is 79.9. The maximum absolute atomic E-state index is 6.42. The molecule has 2 unspecified atom stereocenters. The summed E-state index contributed by atoms with van der Waals surface area (Å²) in [6.07, 6.45) is 1.92. The van der Waals surface area contributed by atoms with E-state index in [2.05, 4.69) is 66.5 Å². The van der Waals surface area contributed by atoms with Crippen LogP contribution in [0.15, 0.2) is 28.7 Å². The minimum Gasteiger partial charge on any atom is -0.326 e. The number of aromatic nitrogens is 2. The number of aryl methyl sites for hydroxylation is 1. The minimum atomic E-state index is 0.0435. The van der Waals surface area contributed by atoms with Crippen LogP contribution in [0.5, 0.6) is 0 Å². The molecular weight excluding hydrogens is 326 g/mol. The lowest BCUT2D eigenvalue weighted by atomic mass is 9.97. The molecule has 21 heavy (non-hydrogen) atoms. The molecule has 0 fully saturated rings. The summed E-state index contributed by atoms with van der Waals surface area (Å²) in [5.74, 6) is 0. The summed E-state index contributed by atoms with van der Waals surface area (Å²) >= 11 is 3.56. The molecule has 1 heterocycles. The summed E-state index contributed by atoms with van der Waals surface area (Å²) in [7, 11) is 0. The van der Waals surface area contributed by atoms with Gasteiger partial charge in [0.05, 0.1) is 11.7 Å². The summed E-state index contributed by atoms with van der Waals surface area (Å²) in [5, 5.41) is 4.78. The Bertz CT molecular complexity index is 618. The molecule has 0 spiro atoms. The second-order valence-corrected chi connectivity index (χ2v) is 6.44.